The van der Waals surface area contributed by atoms with E-state index in [1.807, 2.05) is 24.4 Å². The van der Waals surface area contributed by atoms with Gasteiger partial charge in [0.2, 0.25) is 0 Å². The van der Waals surface area contributed by atoms with Gasteiger partial charge in [-0.2, -0.15) is 0 Å². The number of hydrogen-bond donors (Lipinski definition) is 2. The Balaban J connectivity index is 1.97. The first-order valence-electron chi connectivity index (χ1n) is 5.64. The Morgan fingerprint density at radius 3 is 2.78 bits per heavy atom. The van der Waals surface area contributed by atoms with Crippen LogP contribution >= 0.6 is 12.2 Å². The summed E-state index contributed by atoms with van der Waals surface area (Å²) >= 11 is 4.99. The van der Waals surface area contributed by atoms with E-state index in [2.05, 4.69) is 15.3 Å². The van der Waals surface area contributed by atoms with Crippen molar-refractivity contribution in [3.8, 4) is 0 Å². The van der Waals surface area contributed by atoms with E-state index < -0.39 is 0 Å². The Labute approximate surface area is 111 Å². The number of thiocarbonyl (C=S) groups is 1. The first kappa shape index (κ1) is 12.4. The van der Waals surface area contributed by atoms with Crippen LogP contribution in [0.5, 0.6) is 0 Å². The number of hydrogen-bond acceptors (Lipinski definition) is 4. The molecule has 5 heteroatoms. The van der Waals surface area contributed by atoms with Crippen LogP contribution in [-0.4, -0.2) is 21.5 Å². The molecule has 0 atom stereocenters. The van der Waals surface area contributed by atoms with Crippen molar-refractivity contribution in [2.24, 2.45) is 5.73 Å². The van der Waals surface area contributed by atoms with Crippen LogP contribution in [0.4, 0.5) is 5.69 Å². The standard InChI is InChI=1S/C13H14N4S/c14-13(18)11-4-6-16-9-12(11)17-7-3-10-2-1-5-15-8-10/h1-2,4-6,8-9,17H,3,7H2,(H2,14,18). The average molecular weight is 258 g/mol. The van der Waals surface area contributed by atoms with Crippen LogP contribution in [0.3, 0.4) is 0 Å². The topological polar surface area (TPSA) is 63.8 Å². The molecule has 0 aliphatic rings. The maximum atomic E-state index is 5.65. The molecule has 2 aromatic rings. The summed E-state index contributed by atoms with van der Waals surface area (Å²) in [6.45, 7) is 0.785. The second kappa shape index (κ2) is 6.07. The summed E-state index contributed by atoms with van der Waals surface area (Å²) in [6.07, 6.45) is 7.93. The van der Waals surface area contributed by atoms with Gasteiger partial charge in [0.05, 0.1) is 11.9 Å². The summed E-state index contributed by atoms with van der Waals surface area (Å²) in [6, 6.07) is 5.79. The van der Waals surface area contributed by atoms with Crippen LogP contribution in [0.25, 0.3) is 0 Å². The van der Waals surface area contributed by atoms with Crippen molar-refractivity contribution in [2.45, 2.75) is 6.42 Å². The van der Waals surface area contributed by atoms with E-state index in [-0.39, 0.29) is 0 Å². The Hall–Kier alpha value is -2.01. The number of nitrogens with zero attached hydrogens (tertiary/aromatic N) is 2. The van der Waals surface area contributed by atoms with E-state index in [0.717, 1.165) is 24.2 Å². The molecule has 2 rings (SSSR count). The number of nitrogens with one attached hydrogen (secondary N) is 1. The zero-order chi connectivity index (χ0) is 12.8. The molecular weight excluding hydrogens is 244 g/mol. The maximum Gasteiger partial charge on any atom is 0.106 e. The molecule has 92 valence electrons. The third-order valence-electron chi connectivity index (χ3n) is 2.54. The summed E-state index contributed by atoms with van der Waals surface area (Å²) in [5, 5.41) is 3.29. The molecule has 0 bridgehead atoms. The van der Waals surface area contributed by atoms with Crippen LogP contribution in [-0.2, 0) is 6.42 Å². The molecule has 0 unspecified atom stereocenters. The van der Waals surface area contributed by atoms with Crippen molar-refractivity contribution >= 4 is 22.9 Å². The van der Waals surface area contributed by atoms with Gasteiger partial charge in [-0.1, -0.05) is 18.3 Å². The highest BCUT2D eigenvalue weighted by atomic mass is 32.1. The fraction of sp³-hybridized carbons (Fsp3) is 0.154. The fourth-order valence-electron chi connectivity index (χ4n) is 1.64. The molecule has 2 aromatic heterocycles. The second-order valence-electron chi connectivity index (χ2n) is 3.82. The Morgan fingerprint density at radius 1 is 1.22 bits per heavy atom. The van der Waals surface area contributed by atoms with Crippen LogP contribution in [0.2, 0.25) is 0 Å². The molecule has 0 spiro atoms. The van der Waals surface area contributed by atoms with E-state index >= 15 is 0 Å². The number of anilines is 1. The van der Waals surface area contributed by atoms with Crippen molar-refractivity contribution in [3.63, 3.8) is 0 Å². The van der Waals surface area contributed by atoms with Gasteiger partial charge >= 0.3 is 0 Å². The van der Waals surface area contributed by atoms with E-state index in [4.69, 9.17) is 18.0 Å². The molecule has 18 heavy (non-hydrogen) atoms. The maximum absolute atomic E-state index is 5.65. The van der Waals surface area contributed by atoms with E-state index in [0.29, 0.717) is 4.99 Å². The molecule has 0 radical (unpaired) electrons. The smallest absolute Gasteiger partial charge is 0.106 e. The first-order valence-corrected chi connectivity index (χ1v) is 6.05. The highest BCUT2D eigenvalue weighted by molar-refractivity contribution is 7.80. The van der Waals surface area contributed by atoms with E-state index in [9.17, 15) is 0 Å². The van der Waals surface area contributed by atoms with Gasteiger partial charge in [0.25, 0.3) is 0 Å². The van der Waals surface area contributed by atoms with Crippen LogP contribution in [0.15, 0.2) is 43.0 Å². The minimum Gasteiger partial charge on any atom is -0.389 e. The Kier molecular flexibility index (Phi) is 4.20. The lowest BCUT2D eigenvalue weighted by atomic mass is 10.2. The van der Waals surface area contributed by atoms with Crippen molar-refractivity contribution in [1.82, 2.24) is 9.97 Å². The van der Waals surface area contributed by atoms with Crippen molar-refractivity contribution < 1.29 is 0 Å². The average Bonchev–Trinajstić information content (AvgIpc) is 2.40. The Morgan fingerprint density at radius 2 is 2.06 bits per heavy atom. The third-order valence-corrected chi connectivity index (χ3v) is 2.76. The fourth-order valence-corrected chi connectivity index (χ4v) is 1.82. The van der Waals surface area contributed by atoms with Gasteiger partial charge in [-0.05, 0) is 24.1 Å². The zero-order valence-electron chi connectivity index (χ0n) is 9.84. The van der Waals surface area contributed by atoms with E-state index in [1.165, 1.54) is 5.56 Å². The number of pyridine rings is 2. The lowest BCUT2D eigenvalue weighted by Crippen LogP contribution is -2.14. The molecule has 0 aliphatic carbocycles. The number of aromatic nitrogens is 2. The molecule has 3 N–H and O–H groups in total. The summed E-state index contributed by atoms with van der Waals surface area (Å²) in [5.74, 6) is 0. The number of rotatable bonds is 5. The van der Waals surface area contributed by atoms with Gasteiger partial charge in [0, 0.05) is 30.7 Å². The summed E-state index contributed by atoms with van der Waals surface area (Å²) in [7, 11) is 0. The van der Waals surface area contributed by atoms with Gasteiger partial charge in [0.1, 0.15) is 4.99 Å². The highest BCUT2D eigenvalue weighted by Crippen LogP contribution is 2.13. The third kappa shape index (κ3) is 3.24. The molecule has 0 amide bonds. The summed E-state index contributed by atoms with van der Waals surface area (Å²) in [5.41, 5.74) is 8.53. The van der Waals surface area contributed by atoms with Crippen molar-refractivity contribution in [2.75, 3.05) is 11.9 Å². The molecular formula is C13H14N4S. The van der Waals surface area contributed by atoms with Gasteiger partial charge in [-0.3, -0.25) is 9.97 Å². The molecule has 0 aromatic carbocycles. The molecule has 0 saturated carbocycles. The van der Waals surface area contributed by atoms with Gasteiger partial charge in [0.15, 0.2) is 0 Å². The lowest BCUT2D eigenvalue weighted by Gasteiger charge is -2.10. The molecule has 4 nitrogen and oxygen atoms in total. The van der Waals surface area contributed by atoms with Gasteiger partial charge in [-0.25, -0.2) is 0 Å². The van der Waals surface area contributed by atoms with Gasteiger partial charge in [-0.15, -0.1) is 0 Å². The van der Waals surface area contributed by atoms with Crippen LogP contribution in [0.1, 0.15) is 11.1 Å². The second-order valence-corrected chi connectivity index (χ2v) is 4.26. The molecule has 0 saturated heterocycles. The largest absolute Gasteiger partial charge is 0.389 e. The normalized spacial score (nSPS) is 10.0. The van der Waals surface area contributed by atoms with Crippen molar-refractivity contribution in [3.05, 3.63) is 54.1 Å². The molecule has 0 aliphatic heterocycles. The lowest BCUT2D eigenvalue weighted by molar-refractivity contribution is 1.00. The quantitative estimate of drug-likeness (QED) is 0.800. The monoisotopic (exact) mass is 258 g/mol. The SMILES string of the molecule is NC(=S)c1ccncc1NCCc1cccnc1. The van der Waals surface area contributed by atoms with Crippen LogP contribution < -0.4 is 11.1 Å². The minimum atomic E-state index is 0.376. The summed E-state index contributed by atoms with van der Waals surface area (Å²) < 4.78 is 0. The highest BCUT2D eigenvalue weighted by Gasteiger charge is 2.03. The predicted molar refractivity (Wildman–Crippen MR) is 76.6 cm³/mol. The molecule has 0 fully saturated rings. The number of nitrogens with two attached hydrogens (primary N) is 1. The minimum absolute atomic E-state index is 0.376. The molecule has 2 heterocycles. The zero-order valence-corrected chi connectivity index (χ0v) is 10.7. The van der Waals surface area contributed by atoms with Gasteiger partial charge < -0.3 is 11.1 Å². The van der Waals surface area contributed by atoms with Crippen molar-refractivity contribution in [1.29, 1.82) is 0 Å². The van der Waals surface area contributed by atoms with E-state index in [1.54, 1.807) is 18.6 Å². The van der Waals surface area contributed by atoms with Crippen LogP contribution in [0, 0.1) is 0 Å². The predicted octanol–water partition coefficient (Wildman–Crippen LogP) is 1.77. The first-order chi connectivity index (χ1) is 8.77. The Bertz CT molecular complexity index is 528. The summed E-state index contributed by atoms with van der Waals surface area (Å²) in [4.78, 5) is 8.51.